The Hall–Kier alpha value is -1.62. The zero-order valence-corrected chi connectivity index (χ0v) is 13.1. The van der Waals surface area contributed by atoms with Crippen molar-refractivity contribution in [3.05, 3.63) is 34.9 Å². The van der Waals surface area contributed by atoms with E-state index in [1.54, 1.807) is 0 Å². The Balaban J connectivity index is 3.02. The normalized spacial score (nSPS) is 12.2. The van der Waals surface area contributed by atoms with Crippen LogP contribution in [-0.2, 0) is 4.79 Å². The minimum absolute atomic E-state index is 0.0243. The highest BCUT2D eigenvalue weighted by atomic mass is 16.1. The number of nitriles is 1. The number of rotatable bonds is 7. The first-order valence-corrected chi connectivity index (χ1v) is 7.55. The molecule has 0 N–H and O–H groups in total. The van der Waals surface area contributed by atoms with Gasteiger partial charge >= 0.3 is 0 Å². The molecule has 0 spiro atoms. The van der Waals surface area contributed by atoms with Crippen molar-refractivity contribution in [2.45, 2.75) is 59.3 Å². The molecule has 0 radical (unpaired) electrons. The zero-order valence-electron chi connectivity index (χ0n) is 13.1. The third-order valence-electron chi connectivity index (χ3n) is 3.95. The third-order valence-corrected chi connectivity index (χ3v) is 3.95. The average Bonchev–Trinajstić information content (AvgIpc) is 2.43. The Labute approximate surface area is 122 Å². The van der Waals surface area contributed by atoms with E-state index in [0.29, 0.717) is 0 Å². The lowest BCUT2D eigenvalue weighted by Gasteiger charge is -2.18. The number of aryl methyl sites for hydroxylation is 2. The number of hydrogen-bond donors (Lipinski definition) is 0. The maximum absolute atomic E-state index is 12.6. The van der Waals surface area contributed by atoms with Gasteiger partial charge in [0.05, 0.1) is 6.07 Å². The quantitative estimate of drug-likeness (QED) is 0.721. The Morgan fingerprint density at radius 3 is 2.20 bits per heavy atom. The molecule has 108 valence electrons. The summed E-state index contributed by atoms with van der Waals surface area (Å²) < 4.78 is 0. The molecule has 1 unspecified atom stereocenters. The van der Waals surface area contributed by atoms with Crippen molar-refractivity contribution in [1.29, 1.82) is 5.26 Å². The van der Waals surface area contributed by atoms with Crippen LogP contribution in [0.5, 0.6) is 0 Å². The average molecular weight is 271 g/mol. The van der Waals surface area contributed by atoms with E-state index in [2.05, 4.69) is 19.9 Å². The molecule has 1 atom stereocenters. The molecule has 2 nitrogen and oxygen atoms in total. The molecular weight excluding hydrogens is 246 g/mol. The molecular formula is C18H25NO. The summed E-state index contributed by atoms with van der Waals surface area (Å²) in [6.45, 7) is 8.24. The molecule has 0 saturated heterocycles. The van der Waals surface area contributed by atoms with Crippen LogP contribution in [0.2, 0.25) is 0 Å². The van der Waals surface area contributed by atoms with Gasteiger partial charge in [0.15, 0.2) is 5.78 Å². The van der Waals surface area contributed by atoms with E-state index in [9.17, 15) is 10.1 Å². The Morgan fingerprint density at radius 2 is 1.75 bits per heavy atom. The SMILES string of the molecule is CCCC(CCC)C(=O)C(C#N)c1ccc(C)c(C)c1. The molecule has 0 aliphatic carbocycles. The summed E-state index contributed by atoms with van der Waals surface area (Å²) in [5, 5.41) is 9.42. The van der Waals surface area contributed by atoms with Gasteiger partial charge in [0.1, 0.15) is 5.92 Å². The molecule has 0 bridgehead atoms. The molecule has 0 heterocycles. The molecule has 0 aliphatic heterocycles. The van der Waals surface area contributed by atoms with Crippen LogP contribution in [0.1, 0.15) is 62.1 Å². The molecule has 0 saturated carbocycles. The monoisotopic (exact) mass is 271 g/mol. The zero-order chi connectivity index (χ0) is 15.1. The highest BCUT2D eigenvalue weighted by Crippen LogP contribution is 2.26. The van der Waals surface area contributed by atoms with E-state index in [0.717, 1.165) is 36.8 Å². The fraction of sp³-hybridized carbons (Fsp3) is 0.556. The first-order valence-electron chi connectivity index (χ1n) is 7.55. The van der Waals surface area contributed by atoms with Crippen LogP contribution in [-0.4, -0.2) is 5.78 Å². The molecule has 0 amide bonds. The number of hydrogen-bond acceptors (Lipinski definition) is 2. The first kappa shape index (κ1) is 16.4. The van der Waals surface area contributed by atoms with Crippen LogP contribution >= 0.6 is 0 Å². The van der Waals surface area contributed by atoms with Crippen molar-refractivity contribution in [2.24, 2.45) is 5.92 Å². The summed E-state index contributed by atoms with van der Waals surface area (Å²) in [5.41, 5.74) is 3.17. The van der Waals surface area contributed by atoms with Gasteiger partial charge in [0.25, 0.3) is 0 Å². The number of benzene rings is 1. The van der Waals surface area contributed by atoms with Crippen LogP contribution in [0, 0.1) is 31.1 Å². The van der Waals surface area contributed by atoms with E-state index in [-0.39, 0.29) is 11.7 Å². The van der Waals surface area contributed by atoms with E-state index in [4.69, 9.17) is 0 Å². The summed E-state index contributed by atoms with van der Waals surface area (Å²) in [4.78, 5) is 12.6. The number of carbonyl (C=O) groups excluding carboxylic acids is 1. The summed E-state index contributed by atoms with van der Waals surface area (Å²) in [7, 11) is 0. The topological polar surface area (TPSA) is 40.9 Å². The van der Waals surface area contributed by atoms with E-state index >= 15 is 0 Å². The van der Waals surface area contributed by atoms with E-state index < -0.39 is 5.92 Å². The number of ketones is 1. The van der Waals surface area contributed by atoms with Crippen LogP contribution < -0.4 is 0 Å². The molecule has 2 heteroatoms. The minimum atomic E-state index is -0.614. The second kappa shape index (κ2) is 7.85. The molecule has 1 aromatic rings. The summed E-state index contributed by atoms with van der Waals surface area (Å²) in [6, 6.07) is 8.11. The predicted octanol–water partition coefficient (Wildman–Crippen LogP) is 4.70. The number of Topliss-reactive ketones (excluding diaryl/α,β-unsaturated/α-hetero) is 1. The number of nitrogens with zero attached hydrogens (tertiary/aromatic N) is 1. The van der Waals surface area contributed by atoms with Gasteiger partial charge in [0.2, 0.25) is 0 Å². The Morgan fingerprint density at radius 1 is 1.15 bits per heavy atom. The van der Waals surface area contributed by atoms with Gasteiger partial charge in [-0.05, 0) is 43.4 Å². The van der Waals surface area contributed by atoms with Crippen molar-refractivity contribution in [3.63, 3.8) is 0 Å². The Kier molecular flexibility index (Phi) is 6.45. The fourth-order valence-corrected chi connectivity index (χ4v) is 2.61. The lowest BCUT2D eigenvalue weighted by molar-refractivity contribution is -0.123. The van der Waals surface area contributed by atoms with Gasteiger partial charge in [-0.25, -0.2) is 0 Å². The van der Waals surface area contributed by atoms with Gasteiger partial charge in [0, 0.05) is 5.92 Å². The minimum Gasteiger partial charge on any atom is -0.298 e. The Bertz CT molecular complexity index is 493. The van der Waals surface area contributed by atoms with Crippen LogP contribution in [0.15, 0.2) is 18.2 Å². The first-order chi connectivity index (χ1) is 9.54. The van der Waals surface area contributed by atoms with Crippen LogP contribution in [0.25, 0.3) is 0 Å². The van der Waals surface area contributed by atoms with Crippen LogP contribution in [0.4, 0.5) is 0 Å². The largest absolute Gasteiger partial charge is 0.298 e. The van der Waals surface area contributed by atoms with Crippen molar-refractivity contribution < 1.29 is 4.79 Å². The standard InChI is InChI=1S/C18H25NO/c1-5-7-15(8-6-2)18(20)17(12-19)16-10-9-13(3)14(4)11-16/h9-11,15,17H,5-8H2,1-4H3. The highest BCUT2D eigenvalue weighted by molar-refractivity contribution is 5.90. The third kappa shape index (κ3) is 3.93. The number of carbonyl (C=O) groups is 1. The molecule has 1 rings (SSSR count). The lowest BCUT2D eigenvalue weighted by Crippen LogP contribution is -2.21. The van der Waals surface area contributed by atoms with Gasteiger partial charge in [-0.2, -0.15) is 5.26 Å². The second-order valence-corrected chi connectivity index (χ2v) is 5.58. The fourth-order valence-electron chi connectivity index (χ4n) is 2.61. The molecule has 20 heavy (non-hydrogen) atoms. The lowest BCUT2D eigenvalue weighted by atomic mass is 9.83. The smallest absolute Gasteiger partial charge is 0.157 e. The summed E-state index contributed by atoms with van der Waals surface area (Å²) in [5.74, 6) is -0.492. The summed E-state index contributed by atoms with van der Waals surface area (Å²) >= 11 is 0. The molecule has 0 fully saturated rings. The van der Waals surface area contributed by atoms with Gasteiger partial charge in [-0.1, -0.05) is 44.9 Å². The molecule has 1 aromatic carbocycles. The van der Waals surface area contributed by atoms with E-state index in [1.165, 1.54) is 5.56 Å². The molecule has 0 aliphatic rings. The van der Waals surface area contributed by atoms with Gasteiger partial charge < -0.3 is 0 Å². The maximum Gasteiger partial charge on any atom is 0.157 e. The maximum atomic E-state index is 12.6. The predicted molar refractivity (Wildman–Crippen MR) is 82.6 cm³/mol. The van der Waals surface area contributed by atoms with Crippen molar-refractivity contribution >= 4 is 5.78 Å². The van der Waals surface area contributed by atoms with E-state index in [1.807, 2.05) is 32.0 Å². The van der Waals surface area contributed by atoms with Gasteiger partial charge in [-0.3, -0.25) is 4.79 Å². The van der Waals surface area contributed by atoms with Crippen molar-refractivity contribution in [1.82, 2.24) is 0 Å². The highest BCUT2D eigenvalue weighted by Gasteiger charge is 2.27. The second-order valence-electron chi connectivity index (χ2n) is 5.58. The van der Waals surface area contributed by atoms with Gasteiger partial charge in [-0.15, -0.1) is 0 Å². The molecule has 0 aromatic heterocycles. The van der Waals surface area contributed by atoms with Crippen molar-refractivity contribution in [3.8, 4) is 6.07 Å². The summed E-state index contributed by atoms with van der Waals surface area (Å²) in [6.07, 6.45) is 3.74. The van der Waals surface area contributed by atoms with Crippen LogP contribution in [0.3, 0.4) is 0 Å². The van der Waals surface area contributed by atoms with Crippen molar-refractivity contribution in [2.75, 3.05) is 0 Å².